The zero-order valence-electron chi connectivity index (χ0n) is 18.7. The Morgan fingerprint density at radius 2 is 1.90 bits per heavy atom. The largest absolute Gasteiger partial charge is 0.379 e. The molecule has 6 nitrogen and oxygen atoms in total. The molecule has 166 valence electrons. The quantitative estimate of drug-likeness (QED) is 0.488. The van der Waals surface area contributed by atoms with Gasteiger partial charge in [-0.3, -0.25) is 4.90 Å². The molecule has 7 heteroatoms. The minimum absolute atomic E-state index is 0.643. The summed E-state index contributed by atoms with van der Waals surface area (Å²) in [4.78, 5) is 14.6. The van der Waals surface area contributed by atoms with E-state index in [0.717, 1.165) is 67.7 Å². The van der Waals surface area contributed by atoms with Gasteiger partial charge in [-0.1, -0.05) is 31.2 Å². The summed E-state index contributed by atoms with van der Waals surface area (Å²) in [5, 5.41) is 4.77. The fourth-order valence-corrected chi connectivity index (χ4v) is 4.88. The first-order valence-corrected chi connectivity index (χ1v) is 11.9. The number of aromatic nitrogens is 2. The number of ether oxygens (including phenoxy) is 2. The molecule has 0 unspecified atom stereocenters. The Morgan fingerprint density at radius 3 is 2.68 bits per heavy atom. The molecule has 1 fully saturated rings. The van der Waals surface area contributed by atoms with Crippen molar-refractivity contribution in [2.75, 3.05) is 38.2 Å². The Bertz CT molecular complexity index is 1010. The van der Waals surface area contributed by atoms with E-state index in [1.165, 1.54) is 21.6 Å². The van der Waals surface area contributed by atoms with Crippen molar-refractivity contribution in [3.05, 3.63) is 51.7 Å². The molecule has 0 saturated carbocycles. The SMILES string of the molecule is CCCOCc1ccccc1CNc1nc(CN2CCOCC2)nc2sc(C)c(C)c12. The molecule has 1 aliphatic heterocycles. The standard InChI is InChI=1S/C24H32N4O2S/c1-4-11-30-16-20-8-6-5-7-19(20)14-25-23-22-17(2)18(3)31-24(22)27-21(26-23)15-28-9-12-29-13-10-28/h5-8H,4,9-16H2,1-3H3,(H,25,26,27). The van der Waals surface area contributed by atoms with Crippen LogP contribution in [0.3, 0.4) is 0 Å². The van der Waals surface area contributed by atoms with Gasteiger partial charge in [0, 0.05) is 31.1 Å². The van der Waals surface area contributed by atoms with Crippen LogP contribution in [0.2, 0.25) is 0 Å². The van der Waals surface area contributed by atoms with Gasteiger partial charge in [-0.25, -0.2) is 9.97 Å². The van der Waals surface area contributed by atoms with Crippen molar-refractivity contribution in [2.45, 2.75) is 46.9 Å². The second kappa shape index (κ2) is 10.5. The number of hydrogen-bond acceptors (Lipinski definition) is 7. The maximum atomic E-state index is 5.79. The number of fused-ring (bicyclic) bond motifs is 1. The summed E-state index contributed by atoms with van der Waals surface area (Å²) in [5.74, 6) is 1.80. The first-order valence-electron chi connectivity index (χ1n) is 11.1. The normalized spacial score (nSPS) is 14.9. The lowest BCUT2D eigenvalue weighted by Crippen LogP contribution is -2.36. The lowest BCUT2D eigenvalue weighted by atomic mass is 10.1. The Balaban J connectivity index is 1.57. The van der Waals surface area contributed by atoms with Crippen molar-refractivity contribution in [1.82, 2.24) is 14.9 Å². The van der Waals surface area contributed by atoms with Crippen molar-refractivity contribution in [3.8, 4) is 0 Å². The smallest absolute Gasteiger partial charge is 0.146 e. The Kier molecular flexibility index (Phi) is 7.50. The van der Waals surface area contributed by atoms with Crippen molar-refractivity contribution < 1.29 is 9.47 Å². The van der Waals surface area contributed by atoms with Gasteiger partial charge in [-0.15, -0.1) is 11.3 Å². The molecular formula is C24H32N4O2S. The van der Waals surface area contributed by atoms with Crippen LogP contribution in [0.25, 0.3) is 10.2 Å². The fourth-order valence-electron chi connectivity index (χ4n) is 3.83. The van der Waals surface area contributed by atoms with Gasteiger partial charge in [-0.2, -0.15) is 0 Å². The summed E-state index contributed by atoms with van der Waals surface area (Å²) in [7, 11) is 0. The molecule has 3 aromatic rings. The predicted molar refractivity (Wildman–Crippen MR) is 127 cm³/mol. The number of rotatable bonds is 9. The third-order valence-electron chi connectivity index (χ3n) is 5.71. The zero-order chi connectivity index (χ0) is 21.6. The summed E-state index contributed by atoms with van der Waals surface area (Å²) < 4.78 is 11.3. The summed E-state index contributed by atoms with van der Waals surface area (Å²) in [5.41, 5.74) is 3.73. The Labute approximate surface area is 188 Å². The number of hydrogen-bond donors (Lipinski definition) is 1. The molecule has 0 radical (unpaired) electrons. The summed E-state index contributed by atoms with van der Waals surface area (Å²) in [6.45, 7) is 12.8. The average Bonchev–Trinajstić information content (AvgIpc) is 3.07. The Morgan fingerprint density at radius 1 is 1.13 bits per heavy atom. The molecule has 2 aromatic heterocycles. The molecule has 1 N–H and O–H groups in total. The van der Waals surface area contributed by atoms with Crippen molar-refractivity contribution in [3.63, 3.8) is 0 Å². The number of anilines is 1. The molecule has 31 heavy (non-hydrogen) atoms. The van der Waals surface area contributed by atoms with Crippen molar-refractivity contribution in [1.29, 1.82) is 0 Å². The molecule has 0 amide bonds. The highest BCUT2D eigenvalue weighted by atomic mass is 32.1. The topological polar surface area (TPSA) is 59.5 Å². The minimum atomic E-state index is 0.643. The van der Waals surface area contributed by atoms with E-state index < -0.39 is 0 Å². The van der Waals surface area contributed by atoms with Gasteiger partial charge >= 0.3 is 0 Å². The monoisotopic (exact) mass is 440 g/mol. The van der Waals surface area contributed by atoms with E-state index in [9.17, 15) is 0 Å². The predicted octanol–water partition coefficient (Wildman–Crippen LogP) is 4.68. The van der Waals surface area contributed by atoms with Gasteiger partial charge < -0.3 is 14.8 Å². The van der Waals surface area contributed by atoms with E-state index >= 15 is 0 Å². The van der Waals surface area contributed by atoms with E-state index in [4.69, 9.17) is 19.4 Å². The highest BCUT2D eigenvalue weighted by Crippen LogP contribution is 2.33. The maximum absolute atomic E-state index is 5.79. The highest BCUT2D eigenvalue weighted by molar-refractivity contribution is 7.18. The van der Waals surface area contributed by atoms with E-state index in [-0.39, 0.29) is 0 Å². The number of benzene rings is 1. The van der Waals surface area contributed by atoms with Crippen molar-refractivity contribution in [2.24, 2.45) is 0 Å². The summed E-state index contributed by atoms with van der Waals surface area (Å²) in [6, 6.07) is 8.46. The van der Waals surface area contributed by atoms with Gasteiger partial charge in [0.05, 0.1) is 31.8 Å². The third-order valence-corrected chi connectivity index (χ3v) is 6.82. The fraction of sp³-hybridized carbons (Fsp3) is 0.500. The first-order chi connectivity index (χ1) is 15.2. The van der Waals surface area contributed by atoms with Gasteiger partial charge in [0.2, 0.25) is 0 Å². The molecule has 0 atom stereocenters. The number of thiophene rings is 1. The number of aryl methyl sites for hydroxylation is 2. The maximum Gasteiger partial charge on any atom is 0.146 e. The van der Waals surface area contributed by atoms with Crippen LogP contribution in [0.4, 0.5) is 5.82 Å². The first kappa shape index (κ1) is 22.1. The van der Waals surface area contributed by atoms with Crippen LogP contribution in [0.5, 0.6) is 0 Å². The van der Waals surface area contributed by atoms with Crippen LogP contribution >= 0.6 is 11.3 Å². The molecule has 0 bridgehead atoms. The number of nitrogens with zero attached hydrogens (tertiary/aromatic N) is 3. The highest BCUT2D eigenvalue weighted by Gasteiger charge is 2.18. The Hall–Kier alpha value is -2.06. The molecule has 1 aromatic carbocycles. The second-order valence-corrected chi connectivity index (χ2v) is 9.22. The van der Waals surface area contributed by atoms with Gasteiger partial charge in [0.1, 0.15) is 16.5 Å². The van der Waals surface area contributed by atoms with E-state index in [1.807, 2.05) is 0 Å². The van der Waals surface area contributed by atoms with Gasteiger partial charge in [0.15, 0.2) is 0 Å². The average molecular weight is 441 g/mol. The van der Waals surface area contributed by atoms with Crippen LogP contribution in [-0.2, 0) is 29.2 Å². The van der Waals surface area contributed by atoms with Crippen LogP contribution < -0.4 is 5.32 Å². The molecule has 4 rings (SSSR count). The number of morpholine rings is 1. The molecule has 0 aliphatic carbocycles. The molecule has 1 saturated heterocycles. The van der Waals surface area contributed by atoms with E-state index in [0.29, 0.717) is 13.2 Å². The molecule has 3 heterocycles. The van der Waals surface area contributed by atoms with Crippen LogP contribution in [0.1, 0.15) is 40.7 Å². The van der Waals surface area contributed by atoms with Crippen LogP contribution in [0, 0.1) is 13.8 Å². The van der Waals surface area contributed by atoms with Gasteiger partial charge in [-0.05, 0) is 37.0 Å². The number of nitrogens with one attached hydrogen (secondary N) is 1. The second-order valence-electron chi connectivity index (χ2n) is 8.02. The lowest BCUT2D eigenvalue weighted by molar-refractivity contribution is 0.0331. The van der Waals surface area contributed by atoms with E-state index in [1.54, 1.807) is 11.3 Å². The zero-order valence-corrected chi connectivity index (χ0v) is 19.6. The summed E-state index contributed by atoms with van der Waals surface area (Å²) in [6.07, 6.45) is 1.03. The lowest BCUT2D eigenvalue weighted by Gasteiger charge is -2.25. The molecular weight excluding hydrogens is 408 g/mol. The molecule has 0 spiro atoms. The van der Waals surface area contributed by atoms with Gasteiger partial charge in [0.25, 0.3) is 0 Å². The third kappa shape index (κ3) is 5.41. The summed E-state index contributed by atoms with van der Waals surface area (Å²) >= 11 is 1.75. The van der Waals surface area contributed by atoms with Crippen LogP contribution in [0.15, 0.2) is 24.3 Å². The van der Waals surface area contributed by atoms with E-state index in [2.05, 4.69) is 55.3 Å². The van der Waals surface area contributed by atoms with Crippen LogP contribution in [-0.4, -0.2) is 47.8 Å². The molecule has 1 aliphatic rings. The minimum Gasteiger partial charge on any atom is -0.379 e. The van der Waals surface area contributed by atoms with Crippen molar-refractivity contribution >= 4 is 27.4 Å².